The lowest BCUT2D eigenvalue weighted by Gasteiger charge is -2.41. The van der Waals surface area contributed by atoms with E-state index in [1.54, 1.807) is 6.07 Å². The number of nitrogens with zero attached hydrogens (tertiary/aromatic N) is 1. The van der Waals surface area contributed by atoms with E-state index in [0.29, 0.717) is 57.7 Å². The van der Waals surface area contributed by atoms with Crippen LogP contribution >= 0.6 is 0 Å². The van der Waals surface area contributed by atoms with Gasteiger partial charge in [0.05, 0.1) is 18.6 Å². The molecule has 2 saturated heterocycles. The zero-order chi connectivity index (χ0) is 28.0. The van der Waals surface area contributed by atoms with Crippen molar-refractivity contribution < 1.29 is 23.5 Å². The predicted molar refractivity (Wildman–Crippen MR) is 148 cm³/mol. The molecule has 3 amide bonds. The molecule has 0 bridgehead atoms. The highest BCUT2D eigenvalue weighted by Crippen LogP contribution is 2.37. The number of anilines is 1. The lowest BCUT2D eigenvalue weighted by Crippen LogP contribution is -2.57. The Bertz CT molecular complexity index is 1070. The fourth-order valence-electron chi connectivity index (χ4n) is 5.88. The second kappa shape index (κ2) is 13.0. The first-order valence-corrected chi connectivity index (χ1v) is 14.3. The molecular formula is C30H43FN4O4. The number of fused-ring (bicyclic) bond motifs is 1. The van der Waals surface area contributed by atoms with Gasteiger partial charge in [0, 0.05) is 24.3 Å². The number of benzene rings is 1. The molecule has 3 heterocycles. The van der Waals surface area contributed by atoms with Crippen LogP contribution in [0, 0.1) is 30.0 Å². The highest BCUT2D eigenvalue weighted by atomic mass is 19.1. The van der Waals surface area contributed by atoms with Gasteiger partial charge in [0.1, 0.15) is 11.9 Å². The number of halogens is 1. The molecule has 1 spiro atoms. The van der Waals surface area contributed by atoms with Gasteiger partial charge in [-0.15, -0.1) is 0 Å². The molecule has 9 heteroatoms. The Labute approximate surface area is 231 Å². The van der Waals surface area contributed by atoms with Crippen molar-refractivity contribution in [3.05, 3.63) is 41.7 Å². The van der Waals surface area contributed by atoms with Crippen LogP contribution in [0.25, 0.3) is 0 Å². The van der Waals surface area contributed by atoms with Crippen LogP contribution in [0.3, 0.4) is 0 Å². The minimum atomic E-state index is -0.639. The number of carbonyl (C=O) groups is 3. The first kappa shape index (κ1) is 29.2. The van der Waals surface area contributed by atoms with Gasteiger partial charge >= 0.3 is 0 Å². The standard InChI is InChI=1S/C30H43FN4O4/c1-20(2)16-26-28(37)33-24-9-15-39-19-22(24)6-4-5-10-30(29(38)34-26)11-13-35(14-12-30)18-27(36)32-25-17-23(31)8-7-21(25)3/h4-5,7-8,17,20,22,24,26H,6,9-16,18-19H2,1-3H3,(H,32,36)(H,33,37)(H,34,38)/b5-4+/t22-,24+,26-/m0/s1. The maximum atomic E-state index is 13.8. The van der Waals surface area contributed by atoms with E-state index in [2.05, 4.69) is 41.9 Å². The van der Waals surface area contributed by atoms with Crippen LogP contribution in [-0.4, -0.2) is 67.6 Å². The molecule has 0 radical (unpaired) electrons. The van der Waals surface area contributed by atoms with Gasteiger partial charge in [-0.1, -0.05) is 32.1 Å². The fourth-order valence-corrected chi connectivity index (χ4v) is 5.88. The first-order chi connectivity index (χ1) is 18.6. The van der Waals surface area contributed by atoms with Crippen LogP contribution in [0.4, 0.5) is 10.1 Å². The van der Waals surface area contributed by atoms with E-state index in [1.807, 2.05) is 11.8 Å². The van der Waals surface area contributed by atoms with Gasteiger partial charge in [0.15, 0.2) is 0 Å². The van der Waals surface area contributed by atoms with Gasteiger partial charge in [-0.05, 0) is 82.2 Å². The Balaban J connectivity index is 1.44. The van der Waals surface area contributed by atoms with Crippen LogP contribution < -0.4 is 16.0 Å². The molecule has 3 aliphatic heterocycles. The Morgan fingerprint density at radius 1 is 1.21 bits per heavy atom. The van der Waals surface area contributed by atoms with Gasteiger partial charge in [-0.25, -0.2) is 4.39 Å². The van der Waals surface area contributed by atoms with Gasteiger partial charge in [0.2, 0.25) is 17.7 Å². The Kier molecular flexibility index (Phi) is 9.77. The molecule has 4 rings (SSSR count). The molecule has 214 valence electrons. The van der Waals surface area contributed by atoms with Crippen molar-refractivity contribution >= 4 is 23.4 Å². The summed E-state index contributed by atoms with van der Waals surface area (Å²) < 4.78 is 19.3. The number of carbonyl (C=O) groups excluding carboxylic acids is 3. The molecule has 0 aliphatic carbocycles. The van der Waals surface area contributed by atoms with E-state index in [0.717, 1.165) is 18.4 Å². The average molecular weight is 543 g/mol. The minimum absolute atomic E-state index is 0.0430. The summed E-state index contributed by atoms with van der Waals surface area (Å²) in [5.74, 6) is -0.342. The van der Waals surface area contributed by atoms with Crippen molar-refractivity contribution in [3.8, 4) is 0 Å². The number of nitrogens with one attached hydrogen (secondary N) is 3. The van der Waals surface area contributed by atoms with Gasteiger partial charge in [-0.2, -0.15) is 0 Å². The first-order valence-electron chi connectivity index (χ1n) is 14.3. The highest BCUT2D eigenvalue weighted by molar-refractivity contribution is 5.93. The predicted octanol–water partition coefficient (Wildman–Crippen LogP) is 3.56. The molecule has 3 aliphatic rings. The second-order valence-corrected chi connectivity index (χ2v) is 11.9. The molecule has 39 heavy (non-hydrogen) atoms. The van der Waals surface area contributed by atoms with Crippen LogP contribution in [0.2, 0.25) is 0 Å². The molecule has 8 nitrogen and oxygen atoms in total. The third kappa shape index (κ3) is 7.66. The van der Waals surface area contributed by atoms with E-state index in [1.165, 1.54) is 12.1 Å². The van der Waals surface area contributed by atoms with E-state index in [4.69, 9.17) is 4.74 Å². The summed E-state index contributed by atoms with van der Waals surface area (Å²) in [6, 6.07) is 3.79. The molecule has 3 N–H and O–H groups in total. The monoisotopic (exact) mass is 542 g/mol. The Hall–Kier alpha value is -2.78. The Morgan fingerprint density at radius 2 is 1.97 bits per heavy atom. The SMILES string of the molecule is Cc1ccc(F)cc1NC(=O)CN1CCC2(C/C=C/C[C@H]3COCC[C@H]3NC(=O)[C@H](CC(C)C)NC2=O)CC1. The number of likely N-dealkylation sites (tertiary alicyclic amines) is 1. The summed E-state index contributed by atoms with van der Waals surface area (Å²) in [6.45, 7) is 8.52. The van der Waals surface area contributed by atoms with Crippen molar-refractivity contribution in [1.82, 2.24) is 15.5 Å². The van der Waals surface area contributed by atoms with Crippen molar-refractivity contribution in [2.24, 2.45) is 17.3 Å². The molecule has 3 atom stereocenters. The number of aryl methyl sites for hydroxylation is 1. The van der Waals surface area contributed by atoms with Crippen LogP contribution in [-0.2, 0) is 19.1 Å². The van der Waals surface area contributed by atoms with E-state index in [9.17, 15) is 18.8 Å². The van der Waals surface area contributed by atoms with Crippen molar-refractivity contribution in [2.75, 3.05) is 38.2 Å². The number of amides is 3. The number of hydrogen-bond acceptors (Lipinski definition) is 5. The number of hydrogen-bond donors (Lipinski definition) is 3. The lowest BCUT2D eigenvalue weighted by molar-refractivity contribution is -0.138. The van der Waals surface area contributed by atoms with Crippen molar-refractivity contribution in [2.45, 2.75) is 71.4 Å². The van der Waals surface area contributed by atoms with E-state index >= 15 is 0 Å². The largest absolute Gasteiger partial charge is 0.381 e. The van der Waals surface area contributed by atoms with Gasteiger partial charge < -0.3 is 20.7 Å². The average Bonchev–Trinajstić information content (AvgIpc) is 2.89. The summed E-state index contributed by atoms with van der Waals surface area (Å²) in [7, 11) is 0. The highest BCUT2D eigenvalue weighted by Gasteiger charge is 2.42. The second-order valence-electron chi connectivity index (χ2n) is 11.9. The minimum Gasteiger partial charge on any atom is -0.381 e. The quantitative estimate of drug-likeness (QED) is 0.494. The summed E-state index contributed by atoms with van der Waals surface area (Å²) in [4.78, 5) is 41.9. The molecule has 0 aromatic heterocycles. The smallest absolute Gasteiger partial charge is 0.242 e. The number of ether oxygens (including phenoxy) is 1. The van der Waals surface area contributed by atoms with Gasteiger partial charge in [-0.3, -0.25) is 19.3 Å². The van der Waals surface area contributed by atoms with E-state index in [-0.39, 0.29) is 42.1 Å². The summed E-state index contributed by atoms with van der Waals surface area (Å²) >= 11 is 0. The fraction of sp³-hybridized carbons (Fsp3) is 0.633. The topological polar surface area (TPSA) is 99.8 Å². The molecule has 0 saturated carbocycles. The number of allylic oxidation sites excluding steroid dienone is 2. The zero-order valence-electron chi connectivity index (χ0n) is 23.4. The number of piperidine rings is 1. The normalized spacial score (nSPS) is 27.1. The Morgan fingerprint density at radius 3 is 2.72 bits per heavy atom. The van der Waals surface area contributed by atoms with Crippen LogP contribution in [0.5, 0.6) is 0 Å². The zero-order valence-corrected chi connectivity index (χ0v) is 23.4. The lowest BCUT2D eigenvalue weighted by atomic mass is 9.74. The molecule has 0 unspecified atom stereocenters. The number of rotatable bonds is 5. The maximum absolute atomic E-state index is 13.8. The molecular weight excluding hydrogens is 499 g/mol. The van der Waals surface area contributed by atoms with E-state index < -0.39 is 17.3 Å². The third-order valence-corrected chi connectivity index (χ3v) is 8.38. The molecule has 2 fully saturated rings. The summed E-state index contributed by atoms with van der Waals surface area (Å²) in [5, 5.41) is 9.15. The van der Waals surface area contributed by atoms with Crippen molar-refractivity contribution in [3.63, 3.8) is 0 Å². The van der Waals surface area contributed by atoms with Crippen LogP contribution in [0.15, 0.2) is 30.4 Å². The third-order valence-electron chi connectivity index (χ3n) is 8.38. The van der Waals surface area contributed by atoms with Crippen LogP contribution in [0.1, 0.15) is 57.9 Å². The summed E-state index contributed by atoms with van der Waals surface area (Å²) in [5.41, 5.74) is 0.627. The maximum Gasteiger partial charge on any atom is 0.242 e. The molecule has 1 aromatic rings. The van der Waals surface area contributed by atoms with Crippen molar-refractivity contribution in [1.29, 1.82) is 0 Å². The molecule has 1 aromatic carbocycles. The van der Waals surface area contributed by atoms with Gasteiger partial charge in [0.25, 0.3) is 0 Å². The summed E-state index contributed by atoms with van der Waals surface area (Å²) in [6.07, 6.45) is 8.14.